The van der Waals surface area contributed by atoms with E-state index in [-0.39, 0.29) is 0 Å². The SMILES string of the molecule is Cn1c(C2CCCC2)nc2c(N[C@H]3C[C@H]4CC[C@@H]3C4)ncnc21. The summed E-state index contributed by atoms with van der Waals surface area (Å²) in [6.07, 6.45) is 12.4. The summed E-state index contributed by atoms with van der Waals surface area (Å²) >= 11 is 0. The second-order valence-corrected chi connectivity index (χ2v) is 7.83. The van der Waals surface area contributed by atoms with Crippen LogP contribution >= 0.6 is 0 Å². The molecule has 0 spiro atoms. The molecule has 0 radical (unpaired) electrons. The Bertz CT molecular complexity index is 730. The summed E-state index contributed by atoms with van der Waals surface area (Å²) < 4.78 is 2.19. The van der Waals surface area contributed by atoms with E-state index >= 15 is 0 Å². The molecule has 2 bridgehead atoms. The van der Waals surface area contributed by atoms with Gasteiger partial charge in [0, 0.05) is 19.0 Å². The molecule has 0 aliphatic heterocycles. The number of aromatic nitrogens is 4. The van der Waals surface area contributed by atoms with Gasteiger partial charge >= 0.3 is 0 Å². The van der Waals surface area contributed by atoms with Crippen LogP contribution in [0.3, 0.4) is 0 Å². The van der Waals surface area contributed by atoms with Crippen LogP contribution in [0.2, 0.25) is 0 Å². The van der Waals surface area contributed by atoms with Crippen LogP contribution in [-0.2, 0) is 7.05 Å². The molecule has 0 aromatic carbocycles. The van der Waals surface area contributed by atoms with Gasteiger partial charge in [0.2, 0.25) is 0 Å². The lowest BCUT2D eigenvalue weighted by Crippen LogP contribution is -2.26. The number of hydrogen-bond acceptors (Lipinski definition) is 4. The smallest absolute Gasteiger partial charge is 0.165 e. The monoisotopic (exact) mass is 311 g/mol. The maximum absolute atomic E-state index is 4.97. The van der Waals surface area contributed by atoms with Crippen molar-refractivity contribution in [2.45, 2.75) is 63.3 Å². The van der Waals surface area contributed by atoms with E-state index in [0.29, 0.717) is 12.0 Å². The Morgan fingerprint density at radius 1 is 1.09 bits per heavy atom. The molecule has 3 aliphatic rings. The lowest BCUT2D eigenvalue weighted by Gasteiger charge is -2.23. The summed E-state index contributed by atoms with van der Waals surface area (Å²) in [6, 6.07) is 0.587. The highest BCUT2D eigenvalue weighted by atomic mass is 15.2. The molecule has 0 unspecified atom stereocenters. The van der Waals surface area contributed by atoms with Crippen molar-refractivity contribution >= 4 is 17.0 Å². The van der Waals surface area contributed by atoms with Crippen molar-refractivity contribution in [3.8, 4) is 0 Å². The highest BCUT2D eigenvalue weighted by molar-refractivity contribution is 5.83. The van der Waals surface area contributed by atoms with Crippen LogP contribution in [-0.4, -0.2) is 25.6 Å². The summed E-state index contributed by atoms with van der Waals surface area (Å²) in [5.74, 6) is 4.53. The lowest BCUT2D eigenvalue weighted by molar-refractivity contribution is 0.439. The number of rotatable bonds is 3. The van der Waals surface area contributed by atoms with Crippen molar-refractivity contribution in [2.75, 3.05) is 5.32 Å². The molecule has 0 saturated heterocycles. The summed E-state index contributed by atoms with van der Waals surface area (Å²) in [5.41, 5.74) is 1.95. The predicted molar refractivity (Wildman–Crippen MR) is 90.4 cm³/mol. The molecule has 2 aromatic rings. The summed E-state index contributed by atoms with van der Waals surface area (Å²) in [7, 11) is 2.11. The van der Waals surface area contributed by atoms with Crippen LogP contribution in [0.15, 0.2) is 6.33 Å². The first kappa shape index (κ1) is 13.8. The molecule has 1 N–H and O–H groups in total. The Hall–Kier alpha value is -1.65. The molecule has 2 aromatic heterocycles. The van der Waals surface area contributed by atoms with Crippen LogP contribution in [0.5, 0.6) is 0 Å². The maximum atomic E-state index is 4.97. The molecule has 0 amide bonds. The molecule has 5 nitrogen and oxygen atoms in total. The Labute approximate surface area is 136 Å². The van der Waals surface area contributed by atoms with Gasteiger partial charge in [0.05, 0.1) is 0 Å². The highest BCUT2D eigenvalue weighted by Gasteiger charge is 2.40. The molecule has 5 rings (SSSR count). The van der Waals surface area contributed by atoms with Crippen molar-refractivity contribution < 1.29 is 0 Å². The Kier molecular flexibility index (Phi) is 3.10. The van der Waals surface area contributed by atoms with Gasteiger partial charge in [-0.15, -0.1) is 0 Å². The Morgan fingerprint density at radius 2 is 1.96 bits per heavy atom. The fourth-order valence-corrected chi connectivity index (χ4v) is 5.27. The second kappa shape index (κ2) is 5.18. The first-order valence-electron chi connectivity index (χ1n) is 9.23. The van der Waals surface area contributed by atoms with Crippen molar-refractivity contribution in [2.24, 2.45) is 18.9 Å². The van der Waals surface area contributed by atoms with Gasteiger partial charge in [-0.1, -0.05) is 19.3 Å². The Morgan fingerprint density at radius 3 is 2.70 bits per heavy atom. The van der Waals surface area contributed by atoms with Gasteiger partial charge in [0.25, 0.3) is 0 Å². The number of hydrogen-bond donors (Lipinski definition) is 1. The molecule has 2 heterocycles. The first-order valence-corrected chi connectivity index (χ1v) is 9.23. The largest absolute Gasteiger partial charge is 0.365 e. The van der Waals surface area contributed by atoms with Gasteiger partial charge in [-0.05, 0) is 43.9 Å². The normalized spacial score (nSPS) is 30.6. The first-order chi connectivity index (χ1) is 11.3. The molecule has 3 atom stereocenters. The molecule has 23 heavy (non-hydrogen) atoms. The van der Waals surface area contributed by atoms with Crippen molar-refractivity contribution in [1.82, 2.24) is 19.5 Å². The van der Waals surface area contributed by atoms with Crippen molar-refractivity contribution in [1.29, 1.82) is 0 Å². The molecule has 3 fully saturated rings. The van der Waals surface area contributed by atoms with Crippen LogP contribution in [0.4, 0.5) is 5.82 Å². The maximum Gasteiger partial charge on any atom is 0.165 e. The van der Waals surface area contributed by atoms with Crippen LogP contribution in [0, 0.1) is 11.8 Å². The van der Waals surface area contributed by atoms with E-state index in [2.05, 4.69) is 26.9 Å². The van der Waals surface area contributed by atoms with Gasteiger partial charge in [0.1, 0.15) is 12.2 Å². The van der Waals surface area contributed by atoms with Gasteiger partial charge < -0.3 is 9.88 Å². The zero-order valence-electron chi connectivity index (χ0n) is 13.8. The van der Waals surface area contributed by atoms with E-state index in [0.717, 1.165) is 28.8 Å². The van der Waals surface area contributed by atoms with Crippen LogP contribution < -0.4 is 5.32 Å². The number of fused-ring (bicyclic) bond motifs is 3. The van der Waals surface area contributed by atoms with E-state index in [1.165, 1.54) is 57.2 Å². The van der Waals surface area contributed by atoms with Crippen LogP contribution in [0.25, 0.3) is 11.2 Å². The summed E-state index contributed by atoms with van der Waals surface area (Å²) in [6.45, 7) is 0. The summed E-state index contributed by atoms with van der Waals surface area (Å²) in [4.78, 5) is 14.0. The third-order valence-corrected chi connectivity index (χ3v) is 6.47. The number of anilines is 1. The van der Waals surface area contributed by atoms with Crippen LogP contribution in [0.1, 0.15) is 63.1 Å². The van der Waals surface area contributed by atoms with Gasteiger partial charge in [0.15, 0.2) is 17.0 Å². The fourth-order valence-electron chi connectivity index (χ4n) is 5.27. The average Bonchev–Trinajstić information content (AvgIpc) is 3.31. The van der Waals surface area contributed by atoms with E-state index in [1.807, 2.05) is 0 Å². The van der Waals surface area contributed by atoms with E-state index < -0.39 is 0 Å². The van der Waals surface area contributed by atoms with Crippen molar-refractivity contribution in [3.05, 3.63) is 12.2 Å². The Balaban J connectivity index is 1.50. The van der Waals surface area contributed by atoms with Gasteiger partial charge in [-0.3, -0.25) is 0 Å². The highest BCUT2D eigenvalue weighted by Crippen LogP contribution is 2.45. The number of imidazole rings is 1. The van der Waals surface area contributed by atoms with E-state index in [1.54, 1.807) is 6.33 Å². The quantitative estimate of drug-likeness (QED) is 0.940. The fraction of sp³-hybridized carbons (Fsp3) is 0.722. The van der Waals surface area contributed by atoms with Gasteiger partial charge in [-0.2, -0.15) is 0 Å². The molecular weight excluding hydrogens is 286 g/mol. The zero-order valence-corrected chi connectivity index (χ0v) is 13.8. The number of nitrogens with zero attached hydrogens (tertiary/aromatic N) is 4. The topological polar surface area (TPSA) is 55.6 Å². The average molecular weight is 311 g/mol. The molecular formula is C18H25N5. The lowest BCUT2D eigenvalue weighted by atomic mass is 9.95. The van der Waals surface area contributed by atoms with Gasteiger partial charge in [-0.25, -0.2) is 15.0 Å². The number of nitrogens with one attached hydrogen (secondary N) is 1. The van der Waals surface area contributed by atoms with E-state index in [4.69, 9.17) is 4.98 Å². The third-order valence-electron chi connectivity index (χ3n) is 6.47. The van der Waals surface area contributed by atoms with E-state index in [9.17, 15) is 0 Å². The molecule has 122 valence electrons. The predicted octanol–water partition coefficient (Wildman–Crippen LogP) is 3.62. The number of aryl methyl sites for hydroxylation is 1. The third kappa shape index (κ3) is 2.16. The summed E-state index contributed by atoms with van der Waals surface area (Å²) in [5, 5.41) is 3.72. The molecule has 5 heteroatoms. The minimum atomic E-state index is 0.587. The standard InChI is InChI=1S/C18H25N5/c1-23-17(12-4-2-3-5-12)22-15-16(19-10-20-18(15)23)21-14-9-11-6-7-13(14)8-11/h10-14H,2-9H2,1H3,(H,19,20,21)/t11-,13+,14-/m0/s1. The minimum Gasteiger partial charge on any atom is -0.365 e. The second-order valence-electron chi connectivity index (χ2n) is 7.83. The minimum absolute atomic E-state index is 0.587. The molecule has 3 saturated carbocycles. The molecule has 3 aliphatic carbocycles. The zero-order chi connectivity index (χ0) is 15.4. The van der Waals surface area contributed by atoms with Crippen molar-refractivity contribution in [3.63, 3.8) is 0 Å².